The van der Waals surface area contributed by atoms with Crippen molar-refractivity contribution in [3.05, 3.63) is 47.4 Å². The smallest absolute Gasteiger partial charge is 0.369 e. The van der Waals surface area contributed by atoms with Gasteiger partial charge >= 0.3 is 6.18 Å². The summed E-state index contributed by atoms with van der Waals surface area (Å²) >= 11 is 11.0. The molecule has 2 heterocycles. The fourth-order valence-electron chi connectivity index (χ4n) is 1.99. The van der Waals surface area contributed by atoms with Gasteiger partial charge in [-0.1, -0.05) is 11.6 Å². The van der Waals surface area contributed by atoms with Crippen molar-refractivity contribution in [3.8, 4) is 0 Å². The van der Waals surface area contributed by atoms with Crippen molar-refractivity contribution in [2.75, 3.05) is 23.7 Å². The summed E-state index contributed by atoms with van der Waals surface area (Å²) in [5, 5.41) is 9.44. The maximum atomic E-state index is 12.5. The summed E-state index contributed by atoms with van der Waals surface area (Å²) in [6, 6.07) is 4.52. The summed E-state index contributed by atoms with van der Waals surface area (Å²) in [6.07, 6.45) is 1.22. The van der Waals surface area contributed by atoms with Crippen LogP contribution in [-0.2, 0) is 6.18 Å². The van der Waals surface area contributed by atoms with E-state index in [-0.39, 0.29) is 10.8 Å². The van der Waals surface area contributed by atoms with Gasteiger partial charge in [-0.2, -0.15) is 13.2 Å². The Morgan fingerprint density at radius 1 is 1.19 bits per heavy atom. The van der Waals surface area contributed by atoms with Gasteiger partial charge < -0.3 is 16.0 Å². The van der Waals surface area contributed by atoms with Crippen molar-refractivity contribution in [3.63, 3.8) is 0 Å². The second-order valence-corrected chi connectivity index (χ2v) is 6.12. The van der Waals surface area contributed by atoms with Crippen LogP contribution in [0.4, 0.5) is 24.7 Å². The number of hydrogen-bond acceptors (Lipinski definition) is 4. The molecule has 0 unspecified atom stereocenters. The zero-order chi connectivity index (χ0) is 19.0. The molecule has 5 nitrogen and oxygen atoms in total. The summed E-state index contributed by atoms with van der Waals surface area (Å²) < 4.78 is 37.6. The van der Waals surface area contributed by atoms with Gasteiger partial charge in [-0.3, -0.25) is 4.98 Å². The van der Waals surface area contributed by atoms with Gasteiger partial charge in [0.05, 0.1) is 22.5 Å². The Labute approximate surface area is 159 Å². The minimum absolute atomic E-state index is 0.0557. The third-order valence-corrected chi connectivity index (χ3v) is 3.80. The lowest BCUT2D eigenvalue weighted by Gasteiger charge is -2.12. The average molecular weight is 404 g/mol. The number of alkyl halides is 3. The first-order valence-corrected chi connectivity index (χ1v) is 8.56. The zero-order valence-corrected chi connectivity index (χ0v) is 15.2. The number of unbranched alkanes of at least 4 members (excludes halogenated alkanes) is 1. The predicted molar refractivity (Wildman–Crippen MR) is 100 cm³/mol. The molecule has 0 aliphatic rings. The number of thiocarbonyl (C=S) groups is 1. The summed E-state index contributed by atoms with van der Waals surface area (Å²) in [7, 11) is 0. The number of nitrogens with one attached hydrogen (secondary N) is 3. The van der Waals surface area contributed by atoms with Gasteiger partial charge in [-0.05, 0) is 43.3 Å². The largest absolute Gasteiger partial charge is 0.417 e. The standard InChI is InChI=1S/C16H17ClF3N5S/c17-13-8-11(16(18,19)20)9-24-14(13)22-6-1-2-7-23-15(26)25-12-4-3-5-21-10-12/h3-5,8-10H,1-2,6-7H2,(H,22,24)(H2,23,25,26). The molecule has 140 valence electrons. The van der Waals surface area contributed by atoms with Gasteiger partial charge in [0, 0.05) is 25.5 Å². The number of rotatable bonds is 7. The molecule has 0 saturated carbocycles. The van der Waals surface area contributed by atoms with E-state index >= 15 is 0 Å². The summed E-state index contributed by atoms with van der Waals surface area (Å²) in [5.74, 6) is 0.237. The third kappa shape index (κ3) is 6.64. The van der Waals surface area contributed by atoms with Crippen LogP contribution >= 0.6 is 23.8 Å². The minimum Gasteiger partial charge on any atom is -0.369 e. The monoisotopic (exact) mass is 403 g/mol. The number of hydrogen-bond donors (Lipinski definition) is 3. The second-order valence-electron chi connectivity index (χ2n) is 5.31. The molecule has 10 heteroatoms. The van der Waals surface area contributed by atoms with Crippen molar-refractivity contribution in [1.29, 1.82) is 0 Å². The van der Waals surface area contributed by atoms with Gasteiger partial charge in [0.1, 0.15) is 5.82 Å². The molecule has 0 atom stereocenters. The summed E-state index contributed by atoms with van der Waals surface area (Å²) in [4.78, 5) is 7.70. The van der Waals surface area contributed by atoms with Gasteiger partial charge in [-0.15, -0.1) is 0 Å². The average Bonchev–Trinajstić information content (AvgIpc) is 2.59. The number of halogens is 4. The molecular formula is C16H17ClF3N5S. The topological polar surface area (TPSA) is 61.9 Å². The van der Waals surface area contributed by atoms with Gasteiger partial charge in [0.25, 0.3) is 0 Å². The van der Waals surface area contributed by atoms with Crippen molar-refractivity contribution >= 4 is 40.4 Å². The molecule has 26 heavy (non-hydrogen) atoms. The first-order valence-electron chi connectivity index (χ1n) is 7.78. The van der Waals surface area contributed by atoms with Crippen LogP contribution in [0.1, 0.15) is 18.4 Å². The molecule has 2 aromatic rings. The normalized spacial score (nSPS) is 11.1. The van der Waals surface area contributed by atoms with Gasteiger partial charge in [0.15, 0.2) is 5.11 Å². The van der Waals surface area contributed by atoms with Crippen LogP contribution in [0.5, 0.6) is 0 Å². The van der Waals surface area contributed by atoms with Crippen LogP contribution in [-0.4, -0.2) is 28.2 Å². The molecule has 0 spiro atoms. The first kappa shape index (κ1) is 20.2. The molecule has 0 aliphatic carbocycles. The zero-order valence-electron chi connectivity index (χ0n) is 13.6. The van der Waals surface area contributed by atoms with E-state index in [1.807, 2.05) is 6.07 Å². The highest BCUT2D eigenvalue weighted by Gasteiger charge is 2.31. The Bertz CT molecular complexity index is 728. The number of nitrogens with zero attached hydrogens (tertiary/aromatic N) is 2. The Hall–Kier alpha value is -2.13. The fourth-order valence-corrected chi connectivity index (χ4v) is 2.45. The van der Waals surface area contributed by atoms with E-state index in [0.717, 1.165) is 30.8 Å². The molecule has 0 radical (unpaired) electrons. The SMILES string of the molecule is FC(F)(F)c1cnc(NCCCCNC(=S)Nc2cccnc2)c(Cl)c1. The molecule has 0 fully saturated rings. The molecule has 0 amide bonds. The molecule has 0 bridgehead atoms. The summed E-state index contributed by atoms with van der Waals surface area (Å²) in [5.41, 5.74) is -0.0680. The van der Waals surface area contributed by atoms with Crippen molar-refractivity contribution in [2.45, 2.75) is 19.0 Å². The van der Waals surface area contributed by atoms with E-state index < -0.39 is 11.7 Å². The number of anilines is 2. The van der Waals surface area contributed by atoms with Gasteiger partial charge in [-0.25, -0.2) is 4.98 Å². The third-order valence-electron chi connectivity index (χ3n) is 3.27. The van der Waals surface area contributed by atoms with E-state index in [2.05, 4.69) is 25.9 Å². The van der Waals surface area contributed by atoms with E-state index in [1.165, 1.54) is 0 Å². The highest BCUT2D eigenvalue weighted by molar-refractivity contribution is 7.80. The molecule has 0 aliphatic heterocycles. The van der Waals surface area contributed by atoms with E-state index in [0.29, 0.717) is 18.2 Å². The Morgan fingerprint density at radius 2 is 1.96 bits per heavy atom. The second kappa shape index (κ2) is 9.54. The highest BCUT2D eigenvalue weighted by atomic mass is 35.5. The number of aromatic nitrogens is 2. The van der Waals surface area contributed by atoms with Crippen LogP contribution in [0.15, 0.2) is 36.8 Å². The summed E-state index contributed by atoms with van der Waals surface area (Å²) in [6.45, 7) is 1.19. The first-order chi connectivity index (χ1) is 12.4. The van der Waals surface area contributed by atoms with Crippen LogP contribution in [0.25, 0.3) is 0 Å². The van der Waals surface area contributed by atoms with Crippen molar-refractivity contribution < 1.29 is 13.2 Å². The molecule has 3 N–H and O–H groups in total. The van der Waals surface area contributed by atoms with Crippen molar-refractivity contribution in [2.24, 2.45) is 0 Å². The molecule has 2 aromatic heterocycles. The quantitative estimate of drug-likeness (QED) is 0.472. The van der Waals surface area contributed by atoms with E-state index in [1.54, 1.807) is 18.5 Å². The Balaban J connectivity index is 1.64. The lowest BCUT2D eigenvalue weighted by molar-refractivity contribution is -0.137. The van der Waals surface area contributed by atoms with Crippen LogP contribution in [0.3, 0.4) is 0 Å². The molecular weight excluding hydrogens is 387 g/mol. The number of pyridine rings is 2. The van der Waals surface area contributed by atoms with Crippen LogP contribution < -0.4 is 16.0 Å². The Kier molecular flexibility index (Phi) is 7.40. The molecule has 0 saturated heterocycles. The lowest BCUT2D eigenvalue weighted by atomic mass is 10.2. The highest BCUT2D eigenvalue weighted by Crippen LogP contribution is 2.32. The van der Waals surface area contributed by atoms with Crippen LogP contribution in [0.2, 0.25) is 5.02 Å². The lowest BCUT2D eigenvalue weighted by Crippen LogP contribution is -2.29. The Morgan fingerprint density at radius 3 is 2.62 bits per heavy atom. The molecule has 0 aromatic carbocycles. The predicted octanol–water partition coefficient (Wildman–Crippen LogP) is 4.33. The fraction of sp³-hybridized carbons (Fsp3) is 0.312. The molecule has 2 rings (SSSR count). The van der Waals surface area contributed by atoms with Gasteiger partial charge in [0.2, 0.25) is 0 Å². The van der Waals surface area contributed by atoms with Crippen molar-refractivity contribution in [1.82, 2.24) is 15.3 Å². The van der Waals surface area contributed by atoms with E-state index in [4.69, 9.17) is 23.8 Å². The van der Waals surface area contributed by atoms with E-state index in [9.17, 15) is 13.2 Å². The maximum absolute atomic E-state index is 12.5. The van der Waals surface area contributed by atoms with Crippen LogP contribution in [0, 0.1) is 0 Å². The maximum Gasteiger partial charge on any atom is 0.417 e. The minimum atomic E-state index is -4.46.